The summed E-state index contributed by atoms with van der Waals surface area (Å²) in [5.41, 5.74) is -1.47. The van der Waals surface area contributed by atoms with Crippen LogP contribution in [0.5, 0.6) is 0 Å². The molecule has 1 saturated carbocycles. The Morgan fingerprint density at radius 3 is 2.50 bits per heavy atom. The van der Waals surface area contributed by atoms with E-state index in [1.807, 2.05) is 0 Å². The maximum atomic E-state index is 12.9. The number of benzene rings is 1. The molecule has 0 unspecified atom stereocenters. The average Bonchev–Trinajstić information content (AvgIpc) is 3.46. The number of nitrogens with one attached hydrogen (secondary N) is 2. The first-order valence-corrected chi connectivity index (χ1v) is 8.62. The molecule has 1 aliphatic rings. The van der Waals surface area contributed by atoms with E-state index < -0.39 is 29.1 Å². The summed E-state index contributed by atoms with van der Waals surface area (Å²) in [6.07, 6.45) is -1.54. The number of carbonyl (C=O) groups is 2. The van der Waals surface area contributed by atoms with E-state index in [0.29, 0.717) is 0 Å². The van der Waals surface area contributed by atoms with Crippen molar-refractivity contribution in [3.05, 3.63) is 69.1 Å². The number of rotatable bonds is 5. The molecule has 1 heterocycles. The van der Waals surface area contributed by atoms with Crippen molar-refractivity contribution in [3.8, 4) is 0 Å². The van der Waals surface area contributed by atoms with Gasteiger partial charge in [-0.05, 0) is 36.6 Å². The Labute approximate surface area is 158 Å². The summed E-state index contributed by atoms with van der Waals surface area (Å²) in [4.78, 5) is 37.0. The summed E-state index contributed by atoms with van der Waals surface area (Å²) in [6.45, 7) is -0.211. The van der Waals surface area contributed by atoms with Crippen molar-refractivity contribution >= 4 is 11.8 Å². The fourth-order valence-corrected chi connectivity index (χ4v) is 2.71. The van der Waals surface area contributed by atoms with Crippen LogP contribution >= 0.6 is 0 Å². The zero-order valence-electron chi connectivity index (χ0n) is 15.0. The Hall–Kier alpha value is -3.10. The molecule has 0 atom stereocenters. The van der Waals surface area contributed by atoms with Crippen LogP contribution in [0.4, 0.5) is 13.2 Å². The number of hydrogen-bond acceptors (Lipinski definition) is 3. The van der Waals surface area contributed by atoms with E-state index in [-0.39, 0.29) is 29.3 Å². The molecule has 1 aromatic carbocycles. The lowest BCUT2D eigenvalue weighted by Gasteiger charge is -2.13. The highest BCUT2D eigenvalue weighted by Crippen LogP contribution is 2.29. The van der Waals surface area contributed by atoms with E-state index in [0.717, 1.165) is 29.5 Å². The molecule has 1 aromatic heterocycles. The Balaban J connectivity index is 2.00. The van der Waals surface area contributed by atoms with Gasteiger partial charge in [0.05, 0.1) is 17.7 Å². The first-order valence-electron chi connectivity index (χ1n) is 8.62. The third kappa shape index (κ3) is 4.41. The second-order valence-corrected chi connectivity index (χ2v) is 6.60. The van der Waals surface area contributed by atoms with Crippen molar-refractivity contribution in [1.82, 2.24) is 15.2 Å². The Kier molecular flexibility index (Phi) is 5.26. The van der Waals surface area contributed by atoms with E-state index in [2.05, 4.69) is 10.6 Å². The van der Waals surface area contributed by atoms with Crippen LogP contribution < -0.4 is 16.2 Å². The van der Waals surface area contributed by atoms with Gasteiger partial charge in [0.15, 0.2) is 0 Å². The Morgan fingerprint density at radius 2 is 1.89 bits per heavy atom. The van der Waals surface area contributed by atoms with Gasteiger partial charge in [0.25, 0.3) is 17.4 Å². The summed E-state index contributed by atoms with van der Waals surface area (Å²) >= 11 is 0. The molecule has 1 aliphatic carbocycles. The van der Waals surface area contributed by atoms with Gasteiger partial charge in [-0.3, -0.25) is 14.4 Å². The minimum atomic E-state index is -4.51. The Bertz CT molecular complexity index is 978. The van der Waals surface area contributed by atoms with E-state index in [1.165, 1.54) is 31.4 Å². The highest BCUT2D eigenvalue weighted by Gasteiger charge is 2.30. The zero-order valence-corrected chi connectivity index (χ0v) is 15.0. The summed E-state index contributed by atoms with van der Waals surface area (Å²) in [7, 11) is 1.34. The number of nitrogens with zero attached hydrogens (tertiary/aromatic N) is 1. The van der Waals surface area contributed by atoms with Gasteiger partial charge in [-0.25, -0.2) is 0 Å². The lowest BCUT2D eigenvalue weighted by molar-refractivity contribution is -0.137. The molecule has 0 bridgehead atoms. The predicted molar refractivity (Wildman–Crippen MR) is 95.1 cm³/mol. The quantitative estimate of drug-likeness (QED) is 0.817. The predicted octanol–water partition coefficient (Wildman–Crippen LogP) is 2.17. The van der Waals surface area contributed by atoms with Crippen LogP contribution in [0.3, 0.4) is 0 Å². The van der Waals surface area contributed by atoms with E-state index in [9.17, 15) is 27.6 Å². The molecule has 9 heteroatoms. The fourth-order valence-electron chi connectivity index (χ4n) is 2.71. The van der Waals surface area contributed by atoms with Gasteiger partial charge < -0.3 is 15.2 Å². The molecular formula is C19H18F3N3O3. The largest absolute Gasteiger partial charge is 0.416 e. The van der Waals surface area contributed by atoms with Crippen molar-refractivity contribution in [3.63, 3.8) is 0 Å². The zero-order chi connectivity index (χ0) is 20.5. The summed E-state index contributed by atoms with van der Waals surface area (Å²) in [5.74, 6) is -1.12. The van der Waals surface area contributed by atoms with Crippen LogP contribution in [-0.4, -0.2) is 29.5 Å². The SMILES string of the molecule is CNC(=O)c1cc(C(=O)NC2CC2)cn(Cc2cccc(C(F)(F)F)c2)c1=O. The van der Waals surface area contributed by atoms with E-state index in [4.69, 9.17) is 0 Å². The minimum absolute atomic E-state index is 0.0693. The summed E-state index contributed by atoms with van der Waals surface area (Å²) in [6, 6.07) is 5.82. The molecular weight excluding hydrogens is 375 g/mol. The van der Waals surface area contributed by atoms with Gasteiger partial charge in [0.1, 0.15) is 5.56 Å². The highest BCUT2D eigenvalue weighted by molar-refractivity contribution is 5.99. The first-order chi connectivity index (χ1) is 13.2. The third-order valence-electron chi connectivity index (χ3n) is 4.34. The van der Waals surface area contributed by atoms with Crippen LogP contribution in [0, 0.1) is 0 Å². The normalized spacial score (nSPS) is 13.9. The molecule has 2 aromatic rings. The lowest BCUT2D eigenvalue weighted by Crippen LogP contribution is -2.34. The molecule has 3 rings (SSSR count). The number of alkyl halides is 3. The monoisotopic (exact) mass is 393 g/mol. The summed E-state index contributed by atoms with van der Waals surface area (Å²) in [5, 5.41) is 5.09. The van der Waals surface area contributed by atoms with E-state index in [1.54, 1.807) is 0 Å². The third-order valence-corrected chi connectivity index (χ3v) is 4.34. The smallest absolute Gasteiger partial charge is 0.355 e. The number of hydrogen-bond donors (Lipinski definition) is 2. The molecule has 1 fully saturated rings. The van der Waals surface area contributed by atoms with Crippen LogP contribution in [0.25, 0.3) is 0 Å². The molecule has 0 radical (unpaired) electrons. The van der Waals surface area contributed by atoms with Gasteiger partial charge >= 0.3 is 6.18 Å². The molecule has 0 aliphatic heterocycles. The molecule has 0 saturated heterocycles. The van der Waals surface area contributed by atoms with E-state index >= 15 is 0 Å². The number of amides is 2. The number of carbonyl (C=O) groups excluding carboxylic acids is 2. The summed E-state index contributed by atoms with van der Waals surface area (Å²) < 4.78 is 39.8. The Morgan fingerprint density at radius 1 is 1.18 bits per heavy atom. The lowest BCUT2D eigenvalue weighted by atomic mass is 10.1. The van der Waals surface area contributed by atoms with Crippen molar-refractivity contribution < 1.29 is 22.8 Å². The van der Waals surface area contributed by atoms with Crippen molar-refractivity contribution in [2.75, 3.05) is 7.05 Å². The molecule has 148 valence electrons. The average molecular weight is 393 g/mol. The standard InChI is InChI=1S/C19H18F3N3O3/c1-23-17(27)15-8-12(16(26)24-14-5-6-14)10-25(18(15)28)9-11-3-2-4-13(7-11)19(20,21)22/h2-4,7-8,10,14H,5-6,9H2,1H3,(H,23,27)(H,24,26). The van der Waals surface area contributed by atoms with Gasteiger partial charge in [-0.1, -0.05) is 12.1 Å². The maximum Gasteiger partial charge on any atom is 0.416 e. The topological polar surface area (TPSA) is 80.2 Å². The van der Waals surface area contributed by atoms with Crippen molar-refractivity contribution in [2.45, 2.75) is 31.6 Å². The van der Waals surface area contributed by atoms with Crippen LogP contribution in [0.2, 0.25) is 0 Å². The van der Waals surface area contributed by atoms with Crippen molar-refractivity contribution in [1.29, 1.82) is 0 Å². The molecule has 0 spiro atoms. The van der Waals surface area contributed by atoms with Crippen LogP contribution in [0.15, 0.2) is 41.3 Å². The second kappa shape index (κ2) is 7.49. The second-order valence-electron chi connectivity index (χ2n) is 6.60. The first kappa shape index (κ1) is 19.7. The molecule has 2 N–H and O–H groups in total. The van der Waals surface area contributed by atoms with Gasteiger partial charge in [0.2, 0.25) is 0 Å². The van der Waals surface area contributed by atoms with Crippen LogP contribution in [-0.2, 0) is 12.7 Å². The maximum absolute atomic E-state index is 12.9. The number of halogens is 3. The van der Waals surface area contributed by atoms with Gasteiger partial charge in [-0.2, -0.15) is 13.2 Å². The molecule has 28 heavy (non-hydrogen) atoms. The highest BCUT2D eigenvalue weighted by atomic mass is 19.4. The van der Waals surface area contributed by atoms with Gasteiger partial charge in [0, 0.05) is 19.3 Å². The molecule has 6 nitrogen and oxygen atoms in total. The molecule has 2 amide bonds. The van der Waals surface area contributed by atoms with Gasteiger partial charge in [-0.15, -0.1) is 0 Å². The number of aromatic nitrogens is 1. The number of pyridine rings is 1. The van der Waals surface area contributed by atoms with Crippen LogP contribution in [0.1, 0.15) is 44.7 Å². The van der Waals surface area contributed by atoms with Crippen molar-refractivity contribution in [2.24, 2.45) is 0 Å². The fraction of sp³-hybridized carbons (Fsp3) is 0.316. The minimum Gasteiger partial charge on any atom is -0.355 e.